The largest absolute Gasteiger partial charge is 0.397 e. The molecule has 2 rings (SSSR count). The summed E-state index contributed by atoms with van der Waals surface area (Å²) in [6.45, 7) is -0.589. The molecule has 0 aliphatic rings. The van der Waals surface area contributed by atoms with Gasteiger partial charge in [-0.2, -0.15) is 0 Å². The number of hydrogen-bond donors (Lipinski definition) is 2. The standard InChI is InChI=1S/C13H12F3N3O/c14-8-3-4-9(17)10(6-8)18-13(20)11-2-1-5-19(11)7-12(15)16/h1-6,12H,7,17H2,(H,18,20). The first kappa shape index (κ1) is 14.0. The molecule has 0 aliphatic carbocycles. The van der Waals surface area contributed by atoms with E-state index in [9.17, 15) is 18.0 Å². The number of anilines is 2. The van der Waals surface area contributed by atoms with Crippen molar-refractivity contribution in [2.24, 2.45) is 0 Å². The second-order valence-electron chi connectivity index (χ2n) is 4.12. The molecular weight excluding hydrogens is 271 g/mol. The first-order valence-corrected chi connectivity index (χ1v) is 5.77. The van der Waals surface area contributed by atoms with E-state index >= 15 is 0 Å². The topological polar surface area (TPSA) is 60.0 Å². The van der Waals surface area contributed by atoms with Gasteiger partial charge in [-0.3, -0.25) is 4.79 Å². The zero-order chi connectivity index (χ0) is 14.7. The van der Waals surface area contributed by atoms with Crippen LogP contribution in [0, 0.1) is 5.82 Å². The Kier molecular flexibility index (Phi) is 3.97. The molecule has 3 N–H and O–H groups in total. The molecule has 0 bridgehead atoms. The first-order valence-electron chi connectivity index (χ1n) is 5.77. The van der Waals surface area contributed by atoms with Gasteiger partial charge < -0.3 is 15.6 Å². The van der Waals surface area contributed by atoms with Gasteiger partial charge in [-0.05, 0) is 30.3 Å². The normalized spacial score (nSPS) is 10.8. The molecule has 1 heterocycles. The van der Waals surface area contributed by atoms with Crippen molar-refractivity contribution in [2.45, 2.75) is 13.0 Å². The summed E-state index contributed by atoms with van der Waals surface area (Å²) in [7, 11) is 0. The summed E-state index contributed by atoms with van der Waals surface area (Å²) in [6, 6.07) is 6.40. The zero-order valence-electron chi connectivity index (χ0n) is 10.3. The van der Waals surface area contributed by atoms with Gasteiger partial charge in [0, 0.05) is 6.20 Å². The van der Waals surface area contributed by atoms with Gasteiger partial charge in [-0.1, -0.05) is 0 Å². The molecule has 0 saturated carbocycles. The number of alkyl halides is 2. The van der Waals surface area contributed by atoms with Crippen LogP contribution in [0.2, 0.25) is 0 Å². The SMILES string of the molecule is Nc1ccc(F)cc1NC(=O)c1cccn1CC(F)F. The first-order chi connectivity index (χ1) is 9.47. The molecule has 0 radical (unpaired) electrons. The third-order valence-electron chi connectivity index (χ3n) is 2.66. The Labute approximate surface area is 113 Å². The van der Waals surface area contributed by atoms with Gasteiger partial charge in [-0.15, -0.1) is 0 Å². The van der Waals surface area contributed by atoms with Crippen LogP contribution in [0.1, 0.15) is 10.5 Å². The van der Waals surface area contributed by atoms with Crippen LogP contribution < -0.4 is 11.1 Å². The predicted molar refractivity (Wildman–Crippen MR) is 69.2 cm³/mol. The number of carbonyl (C=O) groups excluding carboxylic acids is 1. The van der Waals surface area contributed by atoms with Gasteiger partial charge in [0.1, 0.15) is 11.5 Å². The average Bonchev–Trinajstić information content (AvgIpc) is 2.81. The van der Waals surface area contributed by atoms with Gasteiger partial charge >= 0.3 is 0 Å². The van der Waals surface area contributed by atoms with Crippen molar-refractivity contribution >= 4 is 17.3 Å². The molecule has 0 fully saturated rings. The minimum absolute atomic E-state index is 0.0500. The summed E-state index contributed by atoms with van der Waals surface area (Å²) < 4.78 is 38.9. The Bertz CT molecular complexity index is 625. The molecule has 1 aromatic heterocycles. The molecule has 4 nitrogen and oxygen atoms in total. The fourth-order valence-corrected chi connectivity index (χ4v) is 1.75. The van der Waals surface area contributed by atoms with Gasteiger partial charge in [0.05, 0.1) is 17.9 Å². The van der Waals surface area contributed by atoms with Crippen molar-refractivity contribution in [3.05, 3.63) is 48.0 Å². The van der Waals surface area contributed by atoms with Crippen molar-refractivity contribution in [3.63, 3.8) is 0 Å². The summed E-state index contributed by atoms with van der Waals surface area (Å²) in [5, 5.41) is 2.40. The Balaban J connectivity index is 2.20. The predicted octanol–water partition coefficient (Wildman–Crippen LogP) is 2.73. The molecule has 106 valence electrons. The monoisotopic (exact) mass is 283 g/mol. The number of nitrogens with zero attached hydrogens (tertiary/aromatic N) is 1. The fraction of sp³-hybridized carbons (Fsp3) is 0.154. The number of nitrogens with two attached hydrogens (primary N) is 1. The Morgan fingerprint density at radius 3 is 2.80 bits per heavy atom. The lowest BCUT2D eigenvalue weighted by molar-refractivity contribution is 0.0998. The second-order valence-corrected chi connectivity index (χ2v) is 4.12. The Morgan fingerprint density at radius 1 is 1.35 bits per heavy atom. The van der Waals surface area contributed by atoms with Crippen molar-refractivity contribution in [2.75, 3.05) is 11.1 Å². The van der Waals surface area contributed by atoms with Crippen LogP contribution in [-0.4, -0.2) is 16.9 Å². The van der Waals surface area contributed by atoms with E-state index in [2.05, 4.69) is 5.32 Å². The molecule has 0 saturated heterocycles. The van der Waals surface area contributed by atoms with Gasteiger partial charge in [-0.25, -0.2) is 13.2 Å². The lowest BCUT2D eigenvalue weighted by Crippen LogP contribution is -2.19. The number of carbonyl (C=O) groups is 1. The number of nitrogens with one attached hydrogen (secondary N) is 1. The molecule has 0 aliphatic heterocycles. The van der Waals surface area contributed by atoms with Crippen LogP contribution in [0.3, 0.4) is 0 Å². The van der Waals surface area contributed by atoms with Crippen LogP contribution in [0.25, 0.3) is 0 Å². The van der Waals surface area contributed by atoms with E-state index < -0.39 is 24.7 Å². The van der Waals surface area contributed by atoms with E-state index in [1.54, 1.807) is 0 Å². The van der Waals surface area contributed by atoms with Crippen LogP contribution >= 0.6 is 0 Å². The third-order valence-corrected chi connectivity index (χ3v) is 2.66. The van der Waals surface area contributed by atoms with E-state index in [1.165, 1.54) is 24.4 Å². The molecule has 7 heteroatoms. The highest BCUT2D eigenvalue weighted by atomic mass is 19.3. The van der Waals surface area contributed by atoms with Crippen LogP contribution in [-0.2, 0) is 6.54 Å². The van der Waals surface area contributed by atoms with Crippen LogP contribution in [0.5, 0.6) is 0 Å². The van der Waals surface area contributed by atoms with Crippen molar-refractivity contribution < 1.29 is 18.0 Å². The maximum atomic E-state index is 13.1. The number of nitrogen functional groups attached to an aromatic ring is 1. The molecule has 1 amide bonds. The Morgan fingerprint density at radius 2 is 2.10 bits per heavy atom. The van der Waals surface area contributed by atoms with E-state index in [-0.39, 0.29) is 17.1 Å². The molecule has 0 spiro atoms. The van der Waals surface area contributed by atoms with E-state index in [1.807, 2.05) is 0 Å². The zero-order valence-corrected chi connectivity index (χ0v) is 10.3. The number of halogens is 3. The highest BCUT2D eigenvalue weighted by Gasteiger charge is 2.15. The minimum atomic E-state index is -2.58. The summed E-state index contributed by atoms with van der Waals surface area (Å²) >= 11 is 0. The summed E-state index contributed by atoms with van der Waals surface area (Å²) in [5.41, 5.74) is 5.94. The number of rotatable bonds is 4. The highest BCUT2D eigenvalue weighted by molar-refractivity contribution is 6.04. The fourth-order valence-electron chi connectivity index (χ4n) is 1.75. The van der Waals surface area contributed by atoms with E-state index in [0.29, 0.717) is 0 Å². The van der Waals surface area contributed by atoms with Gasteiger partial charge in [0.15, 0.2) is 0 Å². The molecule has 0 unspecified atom stereocenters. The highest BCUT2D eigenvalue weighted by Crippen LogP contribution is 2.20. The average molecular weight is 283 g/mol. The van der Waals surface area contributed by atoms with Crippen molar-refractivity contribution in [1.29, 1.82) is 0 Å². The minimum Gasteiger partial charge on any atom is -0.397 e. The molecule has 20 heavy (non-hydrogen) atoms. The van der Waals surface area contributed by atoms with Crippen LogP contribution in [0.4, 0.5) is 24.5 Å². The molecule has 2 aromatic rings. The van der Waals surface area contributed by atoms with Crippen LogP contribution in [0.15, 0.2) is 36.5 Å². The quantitative estimate of drug-likeness (QED) is 0.848. The van der Waals surface area contributed by atoms with Gasteiger partial charge in [0.2, 0.25) is 0 Å². The lowest BCUT2D eigenvalue weighted by Gasteiger charge is -2.11. The second kappa shape index (κ2) is 5.68. The molecular formula is C13H12F3N3O. The number of hydrogen-bond acceptors (Lipinski definition) is 2. The number of amides is 1. The third kappa shape index (κ3) is 3.11. The summed E-state index contributed by atoms with van der Waals surface area (Å²) in [4.78, 5) is 12.0. The maximum absolute atomic E-state index is 13.1. The number of benzene rings is 1. The van der Waals surface area contributed by atoms with Crippen molar-refractivity contribution in [3.8, 4) is 0 Å². The summed E-state index contributed by atoms with van der Waals surface area (Å²) in [5.74, 6) is -1.19. The number of aromatic nitrogens is 1. The van der Waals surface area contributed by atoms with Gasteiger partial charge in [0.25, 0.3) is 12.3 Å². The maximum Gasteiger partial charge on any atom is 0.272 e. The van der Waals surface area contributed by atoms with Crippen molar-refractivity contribution in [1.82, 2.24) is 4.57 Å². The smallest absolute Gasteiger partial charge is 0.272 e. The Hall–Kier alpha value is -2.44. The van der Waals surface area contributed by atoms with E-state index in [4.69, 9.17) is 5.73 Å². The summed E-state index contributed by atoms with van der Waals surface area (Å²) in [6.07, 6.45) is -1.20. The van der Waals surface area contributed by atoms with E-state index in [0.717, 1.165) is 16.7 Å². The lowest BCUT2D eigenvalue weighted by atomic mass is 10.2. The molecule has 1 aromatic carbocycles. The molecule has 0 atom stereocenters.